The minimum absolute atomic E-state index is 0.122. The van der Waals surface area contributed by atoms with E-state index in [4.69, 9.17) is 9.78 Å². The van der Waals surface area contributed by atoms with Crippen LogP contribution in [0.25, 0.3) is 0 Å². The Kier molecular flexibility index (Phi) is 8.20. The third-order valence-corrected chi connectivity index (χ3v) is 2.25. The maximum absolute atomic E-state index is 5.38. The number of unbranched alkanes of at least 4 members (excludes halogenated alkanes) is 3. The molecule has 0 atom stereocenters. The standard InChI is InChI=1S/C12H26O2/c1-5-7-9-10-12(3,4)14-13-11-8-6-2/h5-11H2,1-4H3. The van der Waals surface area contributed by atoms with Crippen molar-refractivity contribution in [3.05, 3.63) is 0 Å². The van der Waals surface area contributed by atoms with E-state index in [0.717, 1.165) is 19.3 Å². The summed E-state index contributed by atoms with van der Waals surface area (Å²) >= 11 is 0. The molecule has 0 amide bonds. The van der Waals surface area contributed by atoms with Gasteiger partial charge in [0, 0.05) is 0 Å². The molecule has 0 aliphatic rings. The highest BCUT2D eigenvalue weighted by molar-refractivity contribution is 4.65. The first-order valence-electron chi connectivity index (χ1n) is 5.93. The van der Waals surface area contributed by atoms with Gasteiger partial charge in [-0.15, -0.1) is 0 Å². The Labute approximate surface area is 88.9 Å². The van der Waals surface area contributed by atoms with Crippen LogP contribution in [-0.4, -0.2) is 12.2 Å². The van der Waals surface area contributed by atoms with Crippen LogP contribution < -0.4 is 0 Å². The minimum atomic E-state index is -0.122. The molecule has 0 aliphatic heterocycles. The Balaban J connectivity index is 3.40. The van der Waals surface area contributed by atoms with E-state index in [9.17, 15) is 0 Å². The lowest BCUT2D eigenvalue weighted by Crippen LogP contribution is -2.24. The summed E-state index contributed by atoms with van der Waals surface area (Å²) in [6.45, 7) is 9.26. The second kappa shape index (κ2) is 8.25. The van der Waals surface area contributed by atoms with Crippen LogP contribution in [-0.2, 0) is 9.78 Å². The normalized spacial score (nSPS) is 12.0. The largest absolute Gasteiger partial charge is 0.236 e. The van der Waals surface area contributed by atoms with Gasteiger partial charge >= 0.3 is 0 Å². The van der Waals surface area contributed by atoms with Gasteiger partial charge in [-0.1, -0.05) is 39.5 Å². The van der Waals surface area contributed by atoms with Gasteiger partial charge in [-0.05, 0) is 26.7 Å². The number of hydrogen-bond acceptors (Lipinski definition) is 2. The molecule has 2 heteroatoms. The number of rotatable bonds is 9. The Morgan fingerprint density at radius 3 is 2.14 bits per heavy atom. The van der Waals surface area contributed by atoms with E-state index in [1.54, 1.807) is 0 Å². The molecule has 0 aromatic carbocycles. The summed E-state index contributed by atoms with van der Waals surface area (Å²) < 4.78 is 0. The molecule has 0 bridgehead atoms. The summed E-state index contributed by atoms with van der Waals surface area (Å²) in [4.78, 5) is 10.5. The van der Waals surface area contributed by atoms with Crippen LogP contribution in [0.15, 0.2) is 0 Å². The van der Waals surface area contributed by atoms with Crippen molar-refractivity contribution in [2.75, 3.05) is 6.61 Å². The summed E-state index contributed by atoms with van der Waals surface area (Å²) in [5.74, 6) is 0. The van der Waals surface area contributed by atoms with Crippen LogP contribution in [0.3, 0.4) is 0 Å². The highest BCUT2D eigenvalue weighted by atomic mass is 17.2. The van der Waals surface area contributed by atoms with Gasteiger partial charge in [0.15, 0.2) is 0 Å². The fourth-order valence-corrected chi connectivity index (χ4v) is 1.25. The smallest absolute Gasteiger partial charge is 0.0980 e. The van der Waals surface area contributed by atoms with E-state index < -0.39 is 0 Å². The Hall–Kier alpha value is -0.0800. The predicted molar refractivity (Wildman–Crippen MR) is 60.2 cm³/mol. The summed E-state index contributed by atoms with van der Waals surface area (Å²) in [6, 6.07) is 0. The molecule has 0 N–H and O–H groups in total. The molecule has 14 heavy (non-hydrogen) atoms. The Morgan fingerprint density at radius 1 is 0.929 bits per heavy atom. The van der Waals surface area contributed by atoms with Crippen molar-refractivity contribution in [1.82, 2.24) is 0 Å². The van der Waals surface area contributed by atoms with Crippen LogP contribution in [0, 0.1) is 0 Å². The molecule has 86 valence electrons. The summed E-state index contributed by atoms with van der Waals surface area (Å²) in [7, 11) is 0. The molecule has 0 aromatic heterocycles. The Bertz CT molecular complexity index is 121. The second-order valence-corrected chi connectivity index (χ2v) is 4.48. The summed E-state index contributed by atoms with van der Waals surface area (Å²) in [5.41, 5.74) is -0.122. The first kappa shape index (κ1) is 13.9. The monoisotopic (exact) mass is 202 g/mol. The molecular weight excluding hydrogens is 176 g/mol. The molecule has 0 rings (SSSR count). The van der Waals surface area contributed by atoms with Crippen molar-refractivity contribution >= 4 is 0 Å². The van der Waals surface area contributed by atoms with E-state index in [1.165, 1.54) is 19.3 Å². The molecule has 0 spiro atoms. The van der Waals surface area contributed by atoms with Gasteiger partial charge in [0.1, 0.15) is 0 Å². The molecule has 0 saturated carbocycles. The third-order valence-electron chi connectivity index (χ3n) is 2.25. The maximum Gasteiger partial charge on any atom is 0.0980 e. The summed E-state index contributed by atoms with van der Waals surface area (Å²) in [6.07, 6.45) is 7.06. The lowest BCUT2D eigenvalue weighted by atomic mass is 10.0. The molecule has 0 fully saturated rings. The van der Waals surface area contributed by atoms with Gasteiger partial charge in [-0.25, -0.2) is 9.78 Å². The summed E-state index contributed by atoms with van der Waals surface area (Å²) in [5, 5.41) is 0. The predicted octanol–water partition coefficient (Wildman–Crippen LogP) is 4.09. The quantitative estimate of drug-likeness (QED) is 0.318. The fourth-order valence-electron chi connectivity index (χ4n) is 1.25. The second-order valence-electron chi connectivity index (χ2n) is 4.48. The van der Waals surface area contributed by atoms with Crippen LogP contribution in [0.4, 0.5) is 0 Å². The number of hydrogen-bond donors (Lipinski definition) is 0. The highest BCUT2D eigenvalue weighted by Crippen LogP contribution is 2.18. The topological polar surface area (TPSA) is 18.5 Å². The molecule has 0 unspecified atom stereocenters. The average molecular weight is 202 g/mol. The molecule has 0 radical (unpaired) electrons. The van der Waals surface area contributed by atoms with Crippen molar-refractivity contribution in [2.24, 2.45) is 0 Å². The first-order valence-corrected chi connectivity index (χ1v) is 5.93. The fraction of sp³-hybridized carbons (Fsp3) is 1.00. The van der Waals surface area contributed by atoms with Gasteiger partial charge in [0.25, 0.3) is 0 Å². The molecule has 0 saturated heterocycles. The average Bonchev–Trinajstić information content (AvgIpc) is 2.13. The van der Waals surface area contributed by atoms with E-state index in [2.05, 4.69) is 27.7 Å². The van der Waals surface area contributed by atoms with Crippen molar-refractivity contribution in [3.8, 4) is 0 Å². The molecule has 0 aromatic rings. The van der Waals surface area contributed by atoms with Gasteiger partial charge < -0.3 is 0 Å². The van der Waals surface area contributed by atoms with E-state index in [0.29, 0.717) is 6.61 Å². The first-order chi connectivity index (χ1) is 6.62. The molecule has 2 nitrogen and oxygen atoms in total. The van der Waals surface area contributed by atoms with Crippen molar-refractivity contribution in [1.29, 1.82) is 0 Å². The van der Waals surface area contributed by atoms with Crippen LogP contribution in [0.5, 0.6) is 0 Å². The minimum Gasteiger partial charge on any atom is -0.236 e. The lowest BCUT2D eigenvalue weighted by molar-refractivity contribution is -0.354. The van der Waals surface area contributed by atoms with E-state index in [-0.39, 0.29) is 5.60 Å². The highest BCUT2D eigenvalue weighted by Gasteiger charge is 2.18. The van der Waals surface area contributed by atoms with Crippen LogP contribution in [0.1, 0.15) is 66.2 Å². The molecular formula is C12H26O2. The van der Waals surface area contributed by atoms with Crippen molar-refractivity contribution < 1.29 is 9.78 Å². The van der Waals surface area contributed by atoms with E-state index in [1.807, 2.05) is 0 Å². The lowest BCUT2D eigenvalue weighted by Gasteiger charge is -2.23. The zero-order chi connectivity index (χ0) is 10.9. The van der Waals surface area contributed by atoms with Gasteiger partial charge in [0.2, 0.25) is 0 Å². The van der Waals surface area contributed by atoms with Gasteiger partial charge in [-0.3, -0.25) is 0 Å². The van der Waals surface area contributed by atoms with Crippen LogP contribution >= 0.6 is 0 Å². The van der Waals surface area contributed by atoms with Gasteiger partial charge in [-0.2, -0.15) is 0 Å². The zero-order valence-electron chi connectivity index (χ0n) is 10.3. The molecule has 0 heterocycles. The van der Waals surface area contributed by atoms with Crippen molar-refractivity contribution in [3.63, 3.8) is 0 Å². The van der Waals surface area contributed by atoms with Crippen molar-refractivity contribution in [2.45, 2.75) is 71.8 Å². The molecule has 0 aliphatic carbocycles. The SMILES string of the molecule is CCCCCC(C)(C)OOCCCC. The van der Waals surface area contributed by atoms with Crippen LogP contribution in [0.2, 0.25) is 0 Å². The maximum atomic E-state index is 5.38. The van der Waals surface area contributed by atoms with E-state index >= 15 is 0 Å². The van der Waals surface area contributed by atoms with Gasteiger partial charge in [0.05, 0.1) is 12.2 Å². The zero-order valence-corrected chi connectivity index (χ0v) is 10.3. The third kappa shape index (κ3) is 8.52. The Morgan fingerprint density at radius 2 is 1.57 bits per heavy atom.